The number of benzene rings is 1. The molecule has 0 aromatic heterocycles. The van der Waals surface area contributed by atoms with Gasteiger partial charge in [0.15, 0.2) is 6.29 Å². The Morgan fingerprint density at radius 2 is 1.78 bits per heavy atom. The highest BCUT2D eigenvalue weighted by molar-refractivity contribution is 5.88. The second-order valence-corrected chi connectivity index (χ2v) is 9.40. The Kier molecular flexibility index (Phi) is 8.17. The maximum absolute atomic E-state index is 12.5. The number of hydrogen-bond acceptors (Lipinski definition) is 11. The van der Waals surface area contributed by atoms with Gasteiger partial charge in [-0.05, 0) is 30.2 Å². The average molecular weight is 523 g/mol. The molecular formula is C25H30O12. The molecule has 1 aromatic rings. The molecule has 12 heteroatoms. The van der Waals surface area contributed by atoms with Crippen LogP contribution in [0.25, 0.3) is 6.08 Å². The lowest BCUT2D eigenvalue weighted by atomic mass is 9.83. The molecule has 2 aliphatic heterocycles. The second-order valence-electron chi connectivity index (χ2n) is 9.40. The summed E-state index contributed by atoms with van der Waals surface area (Å²) < 4.78 is 22.4. The number of aliphatic hydroxyl groups is 4. The van der Waals surface area contributed by atoms with E-state index in [0.717, 1.165) is 6.26 Å². The molecule has 12 nitrogen and oxygen atoms in total. The van der Waals surface area contributed by atoms with Crippen molar-refractivity contribution in [1.82, 2.24) is 0 Å². The topological polar surface area (TPSA) is 192 Å². The number of aromatic hydroxyl groups is 1. The van der Waals surface area contributed by atoms with Crippen LogP contribution in [0.5, 0.6) is 5.75 Å². The fourth-order valence-corrected chi connectivity index (χ4v) is 5.06. The van der Waals surface area contributed by atoms with Gasteiger partial charge >= 0.3 is 11.9 Å². The maximum atomic E-state index is 12.5. The van der Waals surface area contributed by atoms with E-state index in [1.54, 1.807) is 19.1 Å². The van der Waals surface area contributed by atoms with E-state index in [1.165, 1.54) is 24.3 Å². The lowest BCUT2D eigenvalue weighted by Crippen LogP contribution is -2.60. The summed E-state index contributed by atoms with van der Waals surface area (Å²) in [5.41, 5.74) is 0.643. The van der Waals surface area contributed by atoms with E-state index in [-0.39, 0.29) is 17.7 Å². The SMILES string of the molecule is C[C@@H]1[C@@H]2[C@H](O[C@@H]3O[C@H](CO)[C@@H](O)[C@H](O)[C@H]3O)OC=C(C(=O)O)[C@@H]2C[C@@H]1OC(=O)C=Cc1ccc(O)cc1. The molecule has 0 radical (unpaired) electrons. The third-order valence-electron chi connectivity index (χ3n) is 7.12. The van der Waals surface area contributed by atoms with Gasteiger partial charge in [-0.1, -0.05) is 19.1 Å². The van der Waals surface area contributed by atoms with Crippen molar-refractivity contribution in [3.63, 3.8) is 0 Å². The molecule has 37 heavy (non-hydrogen) atoms. The summed E-state index contributed by atoms with van der Waals surface area (Å²) in [6.45, 7) is 1.11. The largest absolute Gasteiger partial charge is 0.508 e. The Bertz CT molecular complexity index is 1030. The van der Waals surface area contributed by atoms with Crippen molar-refractivity contribution in [2.24, 2.45) is 17.8 Å². The van der Waals surface area contributed by atoms with Gasteiger partial charge in [0.05, 0.1) is 18.4 Å². The fraction of sp³-hybridized carbons (Fsp3) is 0.520. The first-order valence-electron chi connectivity index (χ1n) is 11.8. The molecule has 0 amide bonds. The third-order valence-corrected chi connectivity index (χ3v) is 7.12. The van der Waals surface area contributed by atoms with Gasteiger partial charge in [-0.3, -0.25) is 0 Å². The van der Waals surface area contributed by atoms with E-state index in [1.807, 2.05) is 0 Å². The minimum Gasteiger partial charge on any atom is -0.508 e. The lowest BCUT2D eigenvalue weighted by Gasteiger charge is -2.43. The summed E-state index contributed by atoms with van der Waals surface area (Å²) in [5, 5.41) is 58.9. The van der Waals surface area contributed by atoms with Crippen molar-refractivity contribution in [1.29, 1.82) is 0 Å². The van der Waals surface area contributed by atoms with Crippen LogP contribution in [0.1, 0.15) is 18.9 Å². The van der Waals surface area contributed by atoms with Crippen molar-refractivity contribution in [3.05, 3.63) is 47.7 Å². The average Bonchev–Trinajstić information content (AvgIpc) is 3.19. The van der Waals surface area contributed by atoms with Crippen LogP contribution in [0.2, 0.25) is 0 Å². The monoisotopic (exact) mass is 522 g/mol. The number of phenols is 1. The number of ether oxygens (including phenoxy) is 4. The van der Waals surface area contributed by atoms with Crippen LogP contribution in [-0.4, -0.2) is 92.3 Å². The second kappa shape index (κ2) is 11.2. The number of carbonyl (C=O) groups excluding carboxylic acids is 1. The number of carbonyl (C=O) groups is 2. The van der Waals surface area contributed by atoms with Gasteiger partial charge in [-0.15, -0.1) is 0 Å². The number of aliphatic hydroxyl groups excluding tert-OH is 4. The molecule has 0 bridgehead atoms. The molecule has 10 atom stereocenters. The number of carboxylic acid groups (broad SMARTS) is 1. The summed E-state index contributed by atoms with van der Waals surface area (Å²) >= 11 is 0. The molecule has 2 heterocycles. The zero-order valence-corrected chi connectivity index (χ0v) is 19.9. The van der Waals surface area contributed by atoms with Crippen molar-refractivity contribution in [2.45, 2.75) is 56.4 Å². The summed E-state index contributed by atoms with van der Waals surface area (Å²) in [7, 11) is 0. The molecule has 0 spiro atoms. The molecule has 4 rings (SSSR count). The predicted octanol–water partition coefficient (Wildman–Crippen LogP) is -0.269. The number of esters is 1. The van der Waals surface area contributed by atoms with Gasteiger partial charge in [0, 0.05) is 23.8 Å². The molecule has 1 aliphatic carbocycles. The maximum Gasteiger partial charge on any atom is 0.334 e. The number of phenolic OH excluding ortho intramolecular Hbond substituents is 1. The van der Waals surface area contributed by atoms with Crippen LogP contribution >= 0.6 is 0 Å². The quantitative estimate of drug-likeness (QED) is 0.203. The van der Waals surface area contributed by atoms with E-state index < -0.39 is 79.4 Å². The Morgan fingerprint density at radius 3 is 2.43 bits per heavy atom. The minimum atomic E-state index is -1.67. The standard InChI is InChI=1S/C25H30O12/c1-11-16(35-18(28)7-4-12-2-5-13(27)6-3-12)8-14-15(23(32)33)10-34-24(19(11)14)37-25-22(31)21(30)20(29)17(9-26)36-25/h2-7,10-11,14,16-17,19-22,24-27,29-31H,8-9H2,1H3,(H,32,33)/t11-,14-,16-,17+,19-,20+,21-,22+,24-,25-/m0/s1. The molecule has 2 fully saturated rings. The molecule has 1 aromatic carbocycles. The van der Waals surface area contributed by atoms with Crippen LogP contribution in [0, 0.1) is 17.8 Å². The number of rotatable bonds is 7. The molecular weight excluding hydrogens is 492 g/mol. The van der Waals surface area contributed by atoms with Crippen LogP contribution in [0.4, 0.5) is 0 Å². The van der Waals surface area contributed by atoms with Crippen molar-refractivity contribution in [2.75, 3.05) is 6.61 Å². The highest BCUT2D eigenvalue weighted by atomic mass is 16.8. The van der Waals surface area contributed by atoms with Crippen LogP contribution in [-0.2, 0) is 28.5 Å². The van der Waals surface area contributed by atoms with E-state index in [0.29, 0.717) is 5.56 Å². The smallest absolute Gasteiger partial charge is 0.334 e. The number of aliphatic carboxylic acids is 1. The van der Waals surface area contributed by atoms with Crippen LogP contribution in [0.3, 0.4) is 0 Å². The lowest BCUT2D eigenvalue weighted by molar-refractivity contribution is -0.342. The highest BCUT2D eigenvalue weighted by Gasteiger charge is 2.54. The molecule has 202 valence electrons. The Morgan fingerprint density at radius 1 is 1.08 bits per heavy atom. The van der Waals surface area contributed by atoms with Crippen LogP contribution < -0.4 is 0 Å². The molecule has 3 aliphatic rings. The van der Waals surface area contributed by atoms with Crippen molar-refractivity contribution < 1.29 is 59.2 Å². The molecule has 6 N–H and O–H groups in total. The van der Waals surface area contributed by atoms with Gasteiger partial charge in [0.2, 0.25) is 6.29 Å². The fourth-order valence-electron chi connectivity index (χ4n) is 5.06. The van der Waals surface area contributed by atoms with Gasteiger partial charge in [0.25, 0.3) is 0 Å². The first-order valence-corrected chi connectivity index (χ1v) is 11.8. The summed E-state index contributed by atoms with van der Waals surface area (Å²) in [5.74, 6) is -3.43. The van der Waals surface area contributed by atoms with E-state index in [4.69, 9.17) is 18.9 Å². The Hall–Kier alpha value is -3.00. The van der Waals surface area contributed by atoms with E-state index in [9.17, 15) is 40.2 Å². The zero-order chi connectivity index (χ0) is 26.9. The van der Waals surface area contributed by atoms with Gasteiger partial charge < -0.3 is 49.6 Å². The van der Waals surface area contributed by atoms with Crippen molar-refractivity contribution >= 4 is 18.0 Å². The van der Waals surface area contributed by atoms with Gasteiger partial charge in [0.1, 0.15) is 36.3 Å². The normalized spacial score (nSPS) is 37.5. The summed E-state index contributed by atoms with van der Waals surface area (Å²) in [4.78, 5) is 24.3. The van der Waals surface area contributed by atoms with E-state index in [2.05, 4.69) is 0 Å². The molecule has 1 saturated heterocycles. The Balaban J connectivity index is 1.48. The first kappa shape index (κ1) is 27.0. The summed E-state index contributed by atoms with van der Waals surface area (Å²) in [6.07, 6.45) is -5.42. The number of fused-ring (bicyclic) bond motifs is 1. The van der Waals surface area contributed by atoms with Gasteiger partial charge in [-0.2, -0.15) is 0 Å². The van der Waals surface area contributed by atoms with Crippen molar-refractivity contribution in [3.8, 4) is 5.75 Å². The Labute approximate surface area is 212 Å². The highest BCUT2D eigenvalue weighted by Crippen LogP contribution is 2.48. The number of carboxylic acids is 1. The summed E-state index contributed by atoms with van der Waals surface area (Å²) in [6, 6.07) is 6.19. The number of hydrogen-bond donors (Lipinski definition) is 6. The zero-order valence-electron chi connectivity index (χ0n) is 19.9. The predicted molar refractivity (Wildman–Crippen MR) is 123 cm³/mol. The minimum absolute atomic E-state index is 0.0244. The molecule has 1 saturated carbocycles. The van der Waals surface area contributed by atoms with Crippen LogP contribution in [0.15, 0.2) is 42.2 Å². The first-order chi connectivity index (χ1) is 17.6. The molecule has 0 unspecified atom stereocenters. The van der Waals surface area contributed by atoms with E-state index >= 15 is 0 Å². The third kappa shape index (κ3) is 5.64. The van der Waals surface area contributed by atoms with Gasteiger partial charge in [-0.25, -0.2) is 9.59 Å².